The molecule has 2 rings (SSSR count). The molecule has 0 aliphatic rings. The Morgan fingerprint density at radius 3 is 2.30 bits per heavy atom. The molecule has 27 heavy (non-hydrogen) atoms. The van der Waals surface area contributed by atoms with Crippen molar-refractivity contribution in [1.82, 2.24) is 20.5 Å². The van der Waals surface area contributed by atoms with Gasteiger partial charge >= 0.3 is 0 Å². The SMILES string of the molecule is CN(C)C(=O)CN=C(NCCc1ccccc1)NCCc1ccc(Cl)nc1. The third-order valence-electron chi connectivity index (χ3n) is 3.91. The number of carbonyl (C=O) groups is 1. The lowest BCUT2D eigenvalue weighted by molar-refractivity contribution is -0.127. The number of aliphatic imine (C=N–C) groups is 1. The van der Waals surface area contributed by atoms with Gasteiger partial charge in [-0.15, -0.1) is 0 Å². The van der Waals surface area contributed by atoms with Gasteiger partial charge in [0.15, 0.2) is 5.96 Å². The van der Waals surface area contributed by atoms with Gasteiger partial charge in [-0.25, -0.2) is 9.98 Å². The van der Waals surface area contributed by atoms with E-state index in [-0.39, 0.29) is 12.5 Å². The first-order valence-electron chi connectivity index (χ1n) is 8.91. The summed E-state index contributed by atoms with van der Waals surface area (Å²) in [7, 11) is 3.45. The molecule has 1 aromatic heterocycles. The summed E-state index contributed by atoms with van der Waals surface area (Å²) in [6, 6.07) is 14.0. The Morgan fingerprint density at radius 2 is 1.70 bits per heavy atom. The minimum Gasteiger partial charge on any atom is -0.356 e. The van der Waals surface area contributed by atoms with Crippen LogP contribution >= 0.6 is 11.6 Å². The summed E-state index contributed by atoms with van der Waals surface area (Å²) in [6.07, 6.45) is 3.43. The molecule has 6 nitrogen and oxygen atoms in total. The number of aromatic nitrogens is 1. The summed E-state index contributed by atoms with van der Waals surface area (Å²) in [5, 5.41) is 7.05. The summed E-state index contributed by atoms with van der Waals surface area (Å²) in [5.41, 5.74) is 2.33. The van der Waals surface area contributed by atoms with Crippen LogP contribution < -0.4 is 10.6 Å². The van der Waals surface area contributed by atoms with Crippen molar-refractivity contribution in [3.8, 4) is 0 Å². The Hall–Kier alpha value is -2.60. The minimum atomic E-state index is -0.0407. The molecule has 2 N–H and O–H groups in total. The van der Waals surface area contributed by atoms with Crippen molar-refractivity contribution in [3.63, 3.8) is 0 Å². The maximum atomic E-state index is 11.8. The van der Waals surface area contributed by atoms with Crippen LogP contribution in [0.25, 0.3) is 0 Å². The van der Waals surface area contributed by atoms with Gasteiger partial charge < -0.3 is 15.5 Å². The monoisotopic (exact) mass is 387 g/mol. The Labute approximate surface area is 165 Å². The van der Waals surface area contributed by atoms with E-state index >= 15 is 0 Å². The first kappa shape index (κ1) is 20.7. The molecule has 1 heterocycles. The first-order chi connectivity index (χ1) is 13.0. The van der Waals surface area contributed by atoms with Crippen LogP contribution in [0.5, 0.6) is 0 Å². The molecule has 0 unspecified atom stereocenters. The van der Waals surface area contributed by atoms with Gasteiger partial charge in [-0.2, -0.15) is 0 Å². The molecule has 1 aromatic carbocycles. The summed E-state index contributed by atoms with van der Waals surface area (Å²) in [5.74, 6) is 0.587. The zero-order valence-electron chi connectivity index (χ0n) is 15.8. The van der Waals surface area contributed by atoms with E-state index in [1.54, 1.807) is 26.4 Å². The van der Waals surface area contributed by atoms with Crippen molar-refractivity contribution in [2.45, 2.75) is 12.8 Å². The highest BCUT2D eigenvalue weighted by Gasteiger charge is 2.05. The number of rotatable bonds is 8. The smallest absolute Gasteiger partial charge is 0.243 e. The van der Waals surface area contributed by atoms with Crippen molar-refractivity contribution in [3.05, 3.63) is 64.9 Å². The lowest BCUT2D eigenvalue weighted by Gasteiger charge is -2.14. The lowest BCUT2D eigenvalue weighted by Crippen LogP contribution is -2.40. The molecular formula is C20H26ClN5O. The van der Waals surface area contributed by atoms with E-state index in [0.29, 0.717) is 17.7 Å². The maximum absolute atomic E-state index is 11.8. The third kappa shape index (κ3) is 8.09. The molecule has 0 aliphatic carbocycles. The van der Waals surface area contributed by atoms with Gasteiger partial charge in [0, 0.05) is 33.4 Å². The average molecular weight is 388 g/mol. The predicted octanol–water partition coefficient (Wildman–Crippen LogP) is 2.14. The van der Waals surface area contributed by atoms with Crippen LogP contribution in [0.2, 0.25) is 5.15 Å². The fraction of sp³-hybridized carbons (Fsp3) is 0.350. The number of nitrogens with zero attached hydrogens (tertiary/aromatic N) is 3. The third-order valence-corrected chi connectivity index (χ3v) is 4.14. The number of pyridine rings is 1. The van der Waals surface area contributed by atoms with Crippen LogP contribution in [-0.4, -0.2) is 55.5 Å². The second-order valence-corrected chi connectivity index (χ2v) is 6.67. The van der Waals surface area contributed by atoms with E-state index < -0.39 is 0 Å². The highest BCUT2D eigenvalue weighted by molar-refractivity contribution is 6.29. The predicted molar refractivity (Wildman–Crippen MR) is 110 cm³/mol. The van der Waals surface area contributed by atoms with Gasteiger partial charge in [0.25, 0.3) is 0 Å². The molecule has 0 spiro atoms. The molecule has 0 saturated heterocycles. The molecule has 144 valence electrons. The molecular weight excluding hydrogens is 362 g/mol. The number of carbonyl (C=O) groups excluding carboxylic acids is 1. The molecule has 0 aliphatic heterocycles. The van der Waals surface area contributed by atoms with E-state index in [9.17, 15) is 4.79 Å². The van der Waals surface area contributed by atoms with Crippen molar-refractivity contribution >= 4 is 23.5 Å². The average Bonchev–Trinajstić information content (AvgIpc) is 2.67. The number of amides is 1. The van der Waals surface area contributed by atoms with Crippen molar-refractivity contribution in [2.75, 3.05) is 33.7 Å². The van der Waals surface area contributed by atoms with Crippen LogP contribution in [0.4, 0.5) is 0 Å². The minimum absolute atomic E-state index is 0.0407. The van der Waals surface area contributed by atoms with Gasteiger partial charge in [0.1, 0.15) is 11.7 Å². The number of guanidine groups is 1. The van der Waals surface area contributed by atoms with Crippen LogP contribution in [0.15, 0.2) is 53.7 Å². The largest absolute Gasteiger partial charge is 0.356 e. The first-order valence-corrected chi connectivity index (χ1v) is 9.29. The van der Waals surface area contributed by atoms with E-state index in [4.69, 9.17) is 11.6 Å². The zero-order chi connectivity index (χ0) is 19.5. The molecule has 0 radical (unpaired) electrons. The fourth-order valence-electron chi connectivity index (χ4n) is 2.31. The van der Waals surface area contributed by atoms with E-state index in [1.807, 2.05) is 24.3 Å². The number of benzene rings is 1. The number of likely N-dealkylation sites (N-methyl/N-ethyl adjacent to an activating group) is 1. The Morgan fingerprint density at radius 1 is 1.04 bits per heavy atom. The van der Waals surface area contributed by atoms with Crippen molar-refractivity contribution < 1.29 is 4.79 Å². The Kier molecular flexibility index (Phi) is 8.58. The lowest BCUT2D eigenvalue weighted by atomic mass is 10.1. The van der Waals surface area contributed by atoms with Gasteiger partial charge in [-0.05, 0) is 30.0 Å². The summed E-state index contributed by atoms with van der Waals surface area (Å²) in [4.78, 5) is 21.8. The van der Waals surface area contributed by atoms with Crippen molar-refractivity contribution in [2.24, 2.45) is 4.99 Å². The number of hydrogen-bond acceptors (Lipinski definition) is 3. The Balaban J connectivity index is 1.86. The van der Waals surface area contributed by atoms with Gasteiger partial charge in [0.05, 0.1) is 0 Å². The van der Waals surface area contributed by atoms with E-state index in [1.165, 1.54) is 10.5 Å². The molecule has 0 fully saturated rings. The Bertz CT molecular complexity index is 732. The number of halogens is 1. The van der Waals surface area contributed by atoms with Crippen LogP contribution in [0, 0.1) is 0 Å². The van der Waals surface area contributed by atoms with Gasteiger partial charge in [-0.1, -0.05) is 48.0 Å². The molecule has 2 aromatic rings. The molecule has 0 bridgehead atoms. The van der Waals surface area contributed by atoms with Crippen molar-refractivity contribution in [1.29, 1.82) is 0 Å². The summed E-state index contributed by atoms with van der Waals surface area (Å²) >= 11 is 5.81. The fourth-order valence-corrected chi connectivity index (χ4v) is 2.42. The van der Waals surface area contributed by atoms with E-state index in [2.05, 4.69) is 32.7 Å². The molecule has 1 amide bonds. The van der Waals surface area contributed by atoms with E-state index in [0.717, 1.165) is 24.9 Å². The zero-order valence-corrected chi connectivity index (χ0v) is 16.5. The second kappa shape index (κ2) is 11.2. The highest BCUT2D eigenvalue weighted by Crippen LogP contribution is 2.05. The topological polar surface area (TPSA) is 69.6 Å². The van der Waals surface area contributed by atoms with Crippen LogP contribution in [-0.2, 0) is 17.6 Å². The number of hydrogen-bond donors (Lipinski definition) is 2. The van der Waals surface area contributed by atoms with Crippen LogP contribution in [0.3, 0.4) is 0 Å². The standard InChI is InChI=1S/C20H26ClN5O/c1-26(2)19(27)15-25-20(22-12-10-16-6-4-3-5-7-16)23-13-11-17-8-9-18(21)24-14-17/h3-9,14H,10-13,15H2,1-2H3,(H2,22,23,25). The maximum Gasteiger partial charge on any atom is 0.243 e. The quantitative estimate of drug-likeness (QED) is 0.413. The van der Waals surface area contributed by atoms with Crippen LogP contribution in [0.1, 0.15) is 11.1 Å². The molecule has 0 atom stereocenters. The summed E-state index contributed by atoms with van der Waals surface area (Å²) in [6.45, 7) is 1.52. The highest BCUT2D eigenvalue weighted by atomic mass is 35.5. The van der Waals surface area contributed by atoms with Gasteiger partial charge in [0.2, 0.25) is 5.91 Å². The summed E-state index contributed by atoms with van der Waals surface area (Å²) < 4.78 is 0. The normalized spacial score (nSPS) is 11.1. The molecule has 7 heteroatoms. The molecule has 0 saturated carbocycles. The second-order valence-electron chi connectivity index (χ2n) is 6.28. The number of nitrogens with one attached hydrogen (secondary N) is 2. The van der Waals surface area contributed by atoms with Gasteiger partial charge in [-0.3, -0.25) is 4.79 Å².